The molecule has 4 fully saturated rings. The number of esters is 1. The van der Waals surface area contributed by atoms with Crippen LogP contribution in [0.2, 0.25) is 0 Å². The van der Waals surface area contributed by atoms with Gasteiger partial charge in [0.2, 0.25) is 0 Å². The summed E-state index contributed by atoms with van der Waals surface area (Å²) in [6, 6.07) is 0. The first kappa shape index (κ1) is 18.3. The first-order valence-electron chi connectivity index (χ1n) is 10.7. The van der Waals surface area contributed by atoms with Gasteiger partial charge in [-0.1, -0.05) is 0 Å². The molecule has 1 heterocycles. The molecule has 2 atom stereocenters. The van der Waals surface area contributed by atoms with E-state index in [9.17, 15) is 4.79 Å². The lowest BCUT2D eigenvalue weighted by atomic mass is 9.50. The number of rotatable bonds is 4. The highest BCUT2D eigenvalue weighted by molar-refractivity contribution is 5.91. The van der Waals surface area contributed by atoms with Gasteiger partial charge in [0.05, 0.1) is 12.2 Å². The van der Waals surface area contributed by atoms with Crippen molar-refractivity contribution in [1.82, 2.24) is 4.98 Å². The molecule has 6 rings (SSSR count). The zero-order chi connectivity index (χ0) is 19.6. The summed E-state index contributed by atoms with van der Waals surface area (Å²) in [5.41, 5.74) is -0.785. The number of nitrogens with zero attached hydrogens (tertiary/aromatic N) is 1. The molecule has 28 heavy (non-hydrogen) atoms. The molecule has 152 valence electrons. The van der Waals surface area contributed by atoms with E-state index in [1.165, 1.54) is 0 Å². The van der Waals surface area contributed by atoms with E-state index in [4.69, 9.17) is 4.74 Å². The van der Waals surface area contributed by atoms with Crippen LogP contribution in [0.5, 0.6) is 0 Å². The Morgan fingerprint density at radius 2 is 1.82 bits per heavy atom. The van der Waals surface area contributed by atoms with E-state index in [2.05, 4.69) is 10.3 Å². The van der Waals surface area contributed by atoms with Crippen molar-refractivity contribution >= 4 is 11.8 Å². The topological polar surface area (TPSA) is 51.2 Å². The number of aromatic nitrogens is 1. The van der Waals surface area contributed by atoms with Crippen LogP contribution in [0.1, 0.15) is 79.8 Å². The summed E-state index contributed by atoms with van der Waals surface area (Å²) in [5, 5.41) is 3.52. The lowest BCUT2D eigenvalue weighted by molar-refractivity contribution is -0.137. The number of carbonyl (C=O) groups is 1. The number of fused-ring (bicyclic) bond motifs is 1. The molecule has 1 aromatic heterocycles. The van der Waals surface area contributed by atoms with Gasteiger partial charge in [0.15, 0.2) is 0 Å². The average molecular weight is 390 g/mol. The fourth-order valence-electron chi connectivity index (χ4n) is 6.84. The van der Waals surface area contributed by atoms with Crippen molar-refractivity contribution in [3.8, 4) is 0 Å². The van der Waals surface area contributed by atoms with Gasteiger partial charge in [-0.2, -0.15) is 0 Å². The first-order chi connectivity index (χ1) is 13.3. The fraction of sp³-hybridized carbons (Fsp3) is 0.727. The van der Waals surface area contributed by atoms with Crippen LogP contribution in [0.25, 0.3) is 0 Å². The SMILES string of the molecule is CCOC(=O)c1cnc(NC23CC4CC(F)(CC(F)(C4)C2)C3)c2c1CCCC2. The third kappa shape index (κ3) is 2.91. The zero-order valence-corrected chi connectivity index (χ0v) is 16.5. The molecule has 4 saturated carbocycles. The number of alkyl halides is 2. The van der Waals surface area contributed by atoms with Gasteiger partial charge in [-0.05, 0) is 68.9 Å². The molecule has 0 aromatic carbocycles. The van der Waals surface area contributed by atoms with E-state index in [0.29, 0.717) is 37.9 Å². The number of nitrogens with one attached hydrogen (secondary N) is 1. The van der Waals surface area contributed by atoms with Crippen molar-refractivity contribution in [2.24, 2.45) is 5.92 Å². The highest BCUT2D eigenvalue weighted by Gasteiger charge is 2.65. The summed E-state index contributed by atoms with van der Waals surface area (Å²) in [7, 11) is 0. The number of halogens is 2. The van der Waals surface area contributed by atoms with Gasteiger partial charge < -0.3 is 10.1 Å². The van der Waals surface area contributed by atoms with Crippen LogP contribution in [0.3, 0.4) is 0 Å². The van der Waals surface area contributed by atoms with Crippen molar-refractivity contribution < 1.29 is 18.3 Å². The maximum Gasteiger partial charge on any atom is 0.339 e. The number of carbonyl (C=O) groups excluding carboxylic acids is 1. The standard InChI is InChI=1S/C22H28F2N2O2/c1-2-28-19(27)17-10-25-18(16-6-4-3-5-15(16)17)26-22-9-14-7-20(23,12-22)11-21(24,8-14)13-22/h10,14H,2-9,11-13H2,1H3,(H,25,26). The average Bonchev–Trinajstić information content (AvgIpc) is 2.59. The van der Waals surface area contributed by atoms with E-state index in [-0.39, 0.29) is 18.3 Å². The van der Waals surface area contributed by atoms with Crippen molar-refractivity contribution in [3.05, 3.63) is 22.9 Å². The van der Waals surface area contributed by atoms with Crippen LogP contribution in [0.15, 0.2) is 6.20 Å². The molecule has 4 nitrogen and oxygen atoms in total. The Kier molecular flexibility index (Phi) is 4.01. The molecule has 0 spiro atoms. The van der Waals surface area contributed by atoms with E-state index in [1.807, 2.05) is 0 Å². The highest BCUT2D eigenvalue weighted by Crippen LogP contribution is 2.62. The predicted molar refractivity (Wildman–Crippen MR) is 102 cm³/mol. The molecule has 1 N–H and O–H groups in total. The van der Waals surface area contributed by atoms with Crippen molar-refractivity contribution in [3.63, 3.8) is 0 Å². The minimum Gasteiger partial charge on any atom is -0.462 e. The van der Waals surface area contributed by atoms with Gasteiger partial charge in [0, 0.05) is 31.0 Å². The molecule has 6 heteroatoms. The van der Waals surface area contributed by atoms with E-state index < -0.39 is 16.9 Å². The van der Waals surface area contributed by atoms with E-state index in [1.54, 1.807) is 13.1 Å². The molecule has 1 aromatic rings. The number of pyridine rings is 1. The van der Waals surface area contributed by atoms with Crippen LogP contribution in [0, 0.1) is 5.92 Å². The molecule has 0 saturated heterocycles. The number of hydrogen-bond donors (Lipinski definition) is 1. The normalized spacial score (nSPS) is 38.2. The minimum absolute atomic E-state index is 0.0489. The van der Waals surface area contributed by atoms with Crippen molar-refractivity contribution in [2.45, 2.75) is 88.0 Å². The lowest BCUT2D eigenvalue weighted by Gasteiger charge is -2.61. The summed E-state index contributed by atoms with van der Waals surface area (Å²) in [6.45, 7) is 2.12. The van der Waals surface area contributed by atoms with Crippen LogP contribution >= 0.6 is 0 Å². The fourth-order valence-corrected chi connectivity index (χ4v) is 6.84. The Balaban J connectivity index is 1.50. The minimum atomic E-state index is -1.40. The smallest absolute Gasteiger partial charge is 0.339 e. The van der Waals surface area contributed by atoms with Gasteiger partial charge in [-0.15, -0.1) is 0 Å². The van der Waals surface area contributed by atoms with E-state index >= 15 is 8.78 Å². The Bertz CT molecular complexity index is 809. The highest BCUT2D eigenvalue weighted by atomic mass is 19.2. The lowest BCUT2D eigenvalue weighted by Crippen LogP contribution is -2.65. The first-order valence-corrected chi connectivity index (χ1v) is 10.7. The number of ether oxygens (including phenoxy) is 1. The molecular weight excluding hydrogens is 362 g/mol. The molecular formula is C22H28F2N2O2. The summed E-state index contributed by atoms with van der Waals surface area (Å²) < 4.78 is 35.8. The Morgan fingerprint density at radius 1 is 1.14 bits per heavy atom. The Hall–Kier alpha value is -1.72. The van der Waals surface area contributed by atoms with Gasteiger partial charge in [0.25, 0.3) is 0 Å². The molecule has 5 aliphatic carbocycles. The molecule has 0 radical (unpaired) electrons. The van der Waals surface area contributed by atoms with Crippen LogP contribution in [0.4, 0.5) is 14.6 Å². The zero-order valence-electron chi connectivity index (χ0n) is 16.5. The molecule has 4 bridgehead atoms. The predicted octanol–water partition coefficient (Wildman–Crippen LogP) is 4.70. The second-order valence-electron chi connectivity index (χ2n) is 9.62. The summed E-state index contributed by atoms with van der Waals surface area (Å²) >= 11 is 0. The Labute approximate surface area is 164 Å². The second-order valence-corrected chi connectivity index (χ2v) is 9.62. The third-order valence-corrected chi connectivity index (χ3v) is 7.21. The Morgan fingerprint density at radius 3 is 2.46 bits per heavy atom. The monoisotopic (exact) mass is 390 g/mol. The molecule has 0 aliphatic heterocycles. The number of anilines is 1. The van der Waals surface area contributed by atoms with Crippen LogP contribution in [-0.4, -0.2) is 34.4 Å². The van der Waals surface area contributed by atoms with Crippen LogP contribution < -0.4 is 5.32 Å². The van der Waals surface area contributed by atoms with Gasteiger partial charge >= 0.3 is 5.97 Å². The molecule has 2 unspecified atom stereocenters. The van der Waals surface area contributed by atoms with Crippen LogP contribution in [-0.2, 0) is 17.6 Å². The number of hydrogen-bond acceptors (Lipinski definition) is 4. The largest absolute Gasteiger partial charge is 0.462 e. The summed E-state index contributed by atoms with van der Waals surface area (Å²) in [4.78, 5) is 16.9. The van der Waals surface area contributed by atoms with E-state index in [0.717, 1.165) is 49.0 Å². The maximum absolute atomic E-state index is 15.3. The third-order valence-electron chi connectivity index (χ3n) is 7.21. The maximum atomic E-state index is 15.3. The van der Waals surface area contributed by atoms with Gasteiger partial charge in [-0.3, -0.25) is 0 Å². The quantitative estimate of drug-likeness (QED) is 0.757. The second kappa shape index (κ2) is 6.14. The van der Waals surface area contributed by atoms with Crippen molar-refractivity contribution in [2.75, 3.05) is 11.9 Å². The van der Waals surface area contributed by atoms with Crippen molar-refractivity contribution in [1.29, 1.82) is 0 Å². The summed E-state index contributed by atoms with van der Waals surface area (Å²) in [5.74, 6) is 0.491. The van der Waals surface area contributed by atoms with Gasteiger partial charge in [-0.25, -0.2) is 18.6 Å². The molecule has 0 amide bonds. The van der Waals surface area contributed by atoms with Gasteiger partial charge in [0.1, 0.15) is 17.2 Å². The molecule has 5 aliphatic rings. The summed E-state index contributed by atoms with van der Waals surface area (Å²) in [6.07, 6.45) is 7.86.